The van der Waals surface area contributed by atoms with Crippen LogP contribution in [0, 0.1) is 13.8 Å². The molecule has 0 saturated carbocycles. The third kappa shape index (κ3) is 3.72. The quantitative estimate of drug-likeness (QED) is 0.899. The molecular formula is C13H21ClN2O. The van der Waals surface area contributed by atoms with Gasteiger partial charge in [0, 0.05) is 25.2 Å². The molecule has 4 heteroatoms. The van der Waals surface area contributed by atoms with Gasteiger partial charge in [-0.15, -0.1) is 12.4 Å². The number of rotatable bonds is 4. The molecule has 0 saturated heterocycles. The lowest BCUT2D eigenvalue weighted by molar-refractivity contribution is -0.118. The molecule has 0 bridgehead atoms. The molecule has 17 heavy (non-hydrogen) atoms. The largest absolute Gasteiger partial charge is 0.330 e. The van der Waals surface area contributed by atoms with Gasteiger partial charge in [0.2, 0.25) is 5.91 Å². The highest BCUT2D eigenvalue weighted by molar-refractivity contribution is 5.94. The number of nitrogens with two attached hydrogens (primary N) is 1. The molecule has 0 unspecified atom stereocenters. The third-order valence-corrected chi connectivity index (χ3v) is 2.84. The van der Waals surface area contributed by atoms with Crippen LogP contribution in [0.15, 0.2) is 18.2 Å². The predicted octanol–water partition coefficient (Wildman–Crippen LogP) is 2.43. The monoisotopic (exact) mass is 256 g/mol. The van der Waals surface area contributed by atoms with Crippen LogP contribution < -0.4 is 10.6 Å². The first-order valence-electron chi connectivity index (χ1n) is 5.68. The second kappa shape index (κ2) is 7.30. The van der Waals surface area contributed by atoms with E-state index in [1.165, 1.54) is 5.56 Å². The molecule has 96 valence electrons. The molecule has 0 spiro atoms. The molecule has 2 N–H and O–H groups in total. The second-order valence-corrected chi connectivity index (χ2v) is 3.90. The minimum Gasteiger partial charge on any atom is -0.330 e. The van der Waals surface area contributed by atoms with Crippen molar-refractivity contribution in [2.24, 2.45) is 5.73 Å². The van der Waals surface area contributed by atoms with Gasteiger partial charge in [-0.05, 0) is 38.0 Å². The molecule has 0 atom stereocenters. The molecule has 1 aromatic rings. The maximum Gasteiger partial charge on any atom is 0.228 e. The number of benzene rings is 1. The highest BCUT2D eigenvalue weighted by atomic mass is 35.5. The van der Waals surface area contributed by atoms with Gasteiger partial charge in [-0.1, -0.05) is 12.1 Å². The predicted molar refractivity (Wildman–Crippen MR) is 74.9 cm³/mol. The zero-order chi connectivity index (χ0) is 12.1. The number of halogens is 1. The number of carbonyl (C=O) groups is 1. The standard InChI is InChI=1S/C13H20N2O.ClH/c1-4-15(13(16)8-9-14)12-7-5-6-10(2)11(12)3;/h5-7H,4,8-9,14H2,1-3H3;1H. The lowest BCUT2D eigenvalue weighted by Gasteiger charge is -2.23. The van der Waals surface area contributed by atoms with Gasteiger partial charge in [-0.3, -0.25) is 4.79 Å². The molecule has 0 fully saturated rings. The molecule has 0 aliphatic heterocycles. The Balaban J connectivity index is 0.00000256. The van der Waals surface area contributed by atoms with Crippen molar-refractivity contribution in [3.05, 3.63) is 29.3 Å². The summed E-state index contributed by atoms with van der Waals surface area (Å²) in [6.07, 6.45) is 0.404. The molecule has 0 aromatic heterocycles. The van der Waals surface area contributed by atoms with Gasteiger partial charge in [0.05, 0.1) is 0 Å². The Labute approximate surface area is 109 Å². The number of hydrogen-bond acceptors (Lipinski definition) is 2. The van der Waals surface area contributed by atoms with Crippen LogP contribution in [0.2, 0.25) is 0 Å². The van der Waals surface area contributed by atoms with Crippen LogP contribution in [0.3, 0.4) is 0 Å². The van der Waals surface area contributed by atoms with E-state index in [1.807, 2.05) is 26.0 Å². The van der Waals surface area contributed by atoms with Crippen molar-refractivity contribution in [3.8, 4) is 0 Å². The number of hydrogen-bond donors (Lipinski definition) is 1. The molecule has 0 aliphatic carbocycles. The fraction of sp³-hybridized carbons (Fsp3) is 0.462. The first-order chi connectivity index (χ1) is 7.61. The Morgan fingerprint density at radius 1 is 1.35 bits per heavy atom. The van der Waals surface area contributed by atoms with E-state index in [4.69, 9.17) is 5.73 Å². The summed E-state index contributed by atoms with van der Waals surface area (Å²) in [4.78, 5) is 13.7. The van der Waals surface area contributed by atoms with E-state index in [0.29, 0.717) is 19.5 Å². The summed E-state index contributed by atoms with van der Waals surface area (Å²) in [6.45, 7) is 7.17. The molecule has 1 amide bonds. The summed E-state index contributed by atoms with van der Waals surface area (Å²) < 4.78 is 0. The number of anilines is 1. The average Bonchev–Trinajstić information content (AvgIpc) is 2.25. The van der Waals surface area contributed by atoms with Gasteiger partial charge in [-0.2, -0.15) is 0 Å². The molecule has 1 rings (SSSR count). The molecule has 0 heterocycles. The summed E-state index contributed by atoms with van der Waals surface area (Å²) in [5.41, 5.74) is 8.79. The van der Waals surface area contributed by atoms with E-state index < -0.39 is 0 Å². The molecule has 0 radical (unpaired) electrons. The highest BCUT2D eigenvalue weighted by Gasteiger charge is 2.15. The van der Waals surface area contributed by atoms with Crippen LogP contribution in [0.25, 0.3) is 0 Å². The summed E-state index contributed by atoms with van der Waals surface area (Å²) in [5.74, 6) is 0.0960. The van der Waals surface area contributed by atoms with Crippen molar-refractivity contribution in [1.82, 2.24) is 0 Å². The number of carbonyl (C=O) groups excluding carboxylic acids is 1. The van der Waals surface area contributed by atoms with E-state index in [1.54, 1.807) is 4.90 Å². The van der Waals surface area contributed by atoms with E-state index in [9.17, 15) is 4.79 Å². The Hall–Kier alpha value is -1.06. The van der Waals surface area contributed by atoms with Crippen molar-refractivity contribution in [2.45, 2.75) is 27.2 Å². The topological polar surface area (TPSA) is 46.3 Å². The number of amides is 1. The van der Waals surface area contributed by atoms with Crippen molar-refractivity contribution in [2.75, 3.05) is 18.0 Å². The maximum atomic E-state index is 11.9. The maximum absolute atomic E-state index is 11.9. The summed E-state index contributed by atoms with van der Waals surface area (Å²) in [6, 6.07) is 6.02. The summed E-state index contributed by atoms with van der Waals surface area (Å²) in [7, 11) is 0. The SMILES string of the molecule is CCN(C(=O)CCN)c1cccc(C)c1C.Cl. The van der Waals surface area contributed by atoms with Crippen molar-refractivity contribution in [3.63, 3.8) is 0 Å². The van der Waals surface area contributed by atoms with Crippen LogP contribution in [0.4, 0.5) is 5.69 Å². The lowest BCUT2D eigenvalue weighted by Crippen LogP contribution is -2.32. The number of nitrogens with zero attached hydrogens (tertiary/aromatic N) is 1. The van der Waals surface area contributed by atoms with Crippen LogP contribution in [-0.2, 0) is 4.79 Å². The Kier molecular flexibility index (Phi) is 6.85. The van der Waals surface area contributed by atoms with Crippen LogP contribution >= 0.6 is 12.4 Å². The van der Waals surface area contributed by atoms with Gasteiger partial charge in [0.1, 0.15) is 0 Å². The zero-order valence-corrected chi connectivity index (χ0v) is 11.5. The normalized spacial score (nSPS) is 9.65. The summed E-state index contributed by atoms with van der Waals surface area (Å²) in [5, 5.41) is 0. The molecule has 0 aliphatic rings. The van der Waals surface area contributed by atoms with E-state index in [0.717, 1.165) is 11.3 Å². The van der Waals surface area contributed by atoms with Gasteiger partial charge in [0.25, 0.3) is 0 Å². The Bertz CT molecular complexity index is 380. The molecular weight excluding hydrogens is 236 g/mol. The highest BCUT2D eigenvalue weighted by Crippen LogP contribution is 2.23. The minimum absolute atomic E-state index is 0. The Morgan fingerprint density at radius 3 is 2.53 bits per heavy atom. The molecule has 3 nitrogen and oxygen atoms in total. The summed E-state index contributed by atoms with van der Waals surface area (Å²) >= 11 is 0. The lowest BCUT2D eigenvalue weighted by atomic mass is 10.1. The van der Waals surface area contributed by atoms with E-state index in [-0.39, 0.29) is 18.3 Å². The van der Waals surface area contributed by atoms with Gasteiger partial charge in [0.15, 0.2) is 0 Å². The Morgan fingerprint density at radius 2 is 2.00 bits per heavy atom. The van der Waals surface area contributed by atoms with Crippen molar-refractivity contribution < 1.29 is 4.79 Å². The van der Waals surface area contributed by atoms with Gasteiger partial charge in [-0.25, -0.2) is 0 Å². The van der Waals surface area contributed by atoms with E-state index in [2.05, 4.69) is 13.0 Å². The smallest absolute Gasteiger partial charge is 0.228 e. The number of aryl methyl sites for hydroxylation is 1. The zero-order valence-electron chi connectivity index (χ0n) is 10.7. The van der Waals surface area contributed by atoms with Crippen LogP contribution in [0.1, 0.15) is 24.5 Å². The molecule has 1 aromatic carbocycles. The average molecular weight is 257 g/mol. The van der Waals surface area contributed by atoms with Crippen LogP contribution in [0.5, 0.6) is 0 Å². The fourth-order valence-corrected chi connectivity index (χ4v) is 1.77. The van der Waals surface area contributed by atoms with Gasteiger partial charge < -0.3 is 10.6 Å². The van der Waals surface area contributed by atoms with E-state index >= 15 is 0 Å². The van der Waals surface area contributed by atoms with Gasteiger partial charge >= 0.3 is 0 Å². The first kappa shape index (κ1) is 15.9. The van der Waals surface area contributed by atoms with Crippen molar-refractivity contribution in [1.29, 1.82) is 0 Å². The third-order valence-electron chi connectivity index (χ3n) is 2.84. The minimum atomic E-state index is 0. The second-order valence-electron chi connectivity index (χ2n) is 3.90. The van der Waals surface area contributed by atoms with Crippen LogP contribution in [-0.4, -0.2) is 19.0 Å². The first-order valence-corrected chi connectivity index (χ1v) is 5.68. The fourth-order valence-electron chi connectivity index (χ4n) is 1.77. The van der Waals surface area contributed by atoms with Crippen molar-refractivity contribution >= 4 is 24.0 Å².